The molecule has 2 N–H and O–H groups in total. The number of nitrogens with one attached hydrogen (secondary N) is 2. The van der Waals surface area contributed by atoms with Crippen LogP contribution in [0.3, 0.4) is 0 Å². The minimum atomic E-state index is -0.221. The Morgan fingerprint density at radius 1 is 1.26 bits per heavy atom. The lowest BCUT2D eigenvalue weighted by atomic mass is 10.1. The normalized spacial score (nSPS) is 14.9. The molecule has 0 spiro atoms. The number of piperidine rings is 1. The number of aryl methyl sites for hydroxylation is 1. The highest BCUT2D eigenvalue weighted by molar-refractivity contribution is 14.0. The Morgan fingerprint density at radius 3 is 2.52 bits per heavy atom. The highest BCUT2D eigenvalue weighted by Gasteiger charge is 2.23. The fourth-order valence-electron chi connectivity index (χ4n) is 2.78. The van der Waals surface area contributed by atoms with Crippen LogP contribution in [0.2, 0.25) is 0 Å². The van der Waals surface area contributed by atoms with Crippen LogP contribution in [0, 0.1) is 6.92 Å². The standard InChI is InChI=1S/C19H30N4O3.HI/c1-4-25-19(24)23-12-9-16(10-13-23)22-18(20-3)21-11-14-26-17-7-5-15(2)6-8-17;/h5-8,16H,4,9-14H2,1-3H3,(H2,20,21,22);1H. The maximum Gasteiger partial charge on any atom is 0.409 e. The molecule has 7 nitrogen and oxygen atoms in total. The molecule has 1 amide bonds. The predicted molar refractivity (Wildman–Crippen MR) is 118 cm³/mol. The van der Waals surface area contributed by atoms with Gasteiger partial charge in [0.15, 0.2) is 5.96 Å². The first-order chi connectivity index (χ1) is 12.6. The van der Waals surface area contributed by atoms with Crippen LogP contribution >= 0.6 is 24.0 Å². The number of aliphatic imine (C=N–C) groups is 1. The van der Waals surface area contributed by atoms with Crippen LogP contribution in [0.4, 0.5) is 4.79 Å². The highest BCUT2D eigenvalue weighted by Crippen LogP contribution is 2.12. The van der Waals surface area contributed by atoms with E-state index in [0.29, 0.717) is 38.9 Å². The Morgan fingerprint density at radius 2 is 1.93 bits per heavy atom. The van der Waals surface area contributed by atoms with Crippen molar-refractivity contribution in [2.75, 3.05) is 39.9 Å². The molecule has 1 aromatic rings. The van der Waals surface area contributed by atoms with Crippen molar-refractivity contribution in [1.82, 2.24) is 15.5 Å². The van der Waals surface area contributed by atoms with Crippen LogP contribution in [0.25, 0.3) is 0 Å². The van der Waals surface area contributed by atoms with Gasteiger partial charge in [-0.25, -0.2) is 4.79 Å². The van der Waals surface area contributed by atoms with Gasteiger partial charge in [0.25, 0.3) is 0 Å². The molecule has 1 aliphatic heterocycles. The molecule has 2 rings (SSSR count). The zero-order valence-electron chi connectivity index (χ0n) is 16.4. The number of amides is 1. The van der Waals surface area contributed by atoms with E-state index in [1.165, 1.54) is 5.56 Å². The van der Waals surface area contributed by atoms with Crippen molar-refractivity contribution in [1.29, 1.82) is 0 Å². The second-order valence-corrected chi connectivity index (χ2v) is 6.27. The summed E-state index contributed by atoms with van der Waals surface area (Å²) in [6.45, 7) is 6.91. The van der Waals surface area contributed by atoms with Gasteiger partial charge in [0.05, 0.1) is 13.2 Å². The van der Waals surface area contributed by atoms with Gasteiger partial charge in [-0.1, -0.05) is 17.7 Å². The Hall–Kier alpha value is -1.71. The zero-order valence-corrected chi connectivity index (χ0v) is 18.7. The Balaban J connectivity index is 0.00000364. The SMILES string of the molecule is CCOC(=O)N1CCC(NC(=NC)NCCOc2ccc(C)cc2)CC1.I. The van der Waals surface area contributed by atoms with Crippen LogP contribution in [0.5, 0.6) is 5.75 Å². The first-order valence-corrected chi connectivity index (χ1v) is 9.20. The Kier molecular flexibility index (Phi) is 10.9. The number of rotatable bonds is 6. The number of halogens is 1. The Bertz CT molecular complexity index is 587. The zero-order chi connectivity index (χ0) is 18.8. The number of carbonyl (C=O) groups excluding carboxylic acids is 1. The molecule has 27 heavy (non-hydrogen) atoms. The predicted octanol–water partition coefficient (Wildman–Crippen LogP) is 2.78. The molecule has 0 unspecified atom stereocenters. The molecule has 0 aromatic heterocycles. The van der Waals surface area contributed by atoms with E-state index < -0.39 is 0 Å². The quantitative estimate of drug-likeness (QED) is 0.278. The van der Waals surface area contributed by atoms with Crippen molar-refractivity contribution in [3.8, 4) is 5.75 Å². The number of likely N-dealkylation sites (tertiary alicyclic amines) is 1. The third kappa shape index (κ3) is 8.23. The van der Waals surface area contributed by atoms with Gasteiger partial charge < -0.3 is 25.0 Å². The van der Waals surface area contributed by atoms with E-state index in [0.717, 1.165) is 24.6 Å². The van der Waals surface area contributed by atoms with Crippen LogP contribution in [-0.2, 0) is 4.74 Å². The molecule has 1 aliphatic rings. The fourth-order valence-corrected chi connectivity index (χ4v) is 2.78. The first kappa shape index (κ1) is 23.3. The van der Waals surface area contributed by atoms with Gasteiger partial charge in [-0.2, -0.15) is 0 Å². The average molecular weight is 490 g/mol. The third-order valence-corrected chi connectivity index (χ3v) is 4.27. The molecule has 0 saturated carbocycles. The summed E-state index contributed by atoms with van der Waals surface area (Å²) in [5.41, 5.74) is 1.22. The molecule has 1 aromatic carbocycles. The minimum absolute atomic E-state index is 0. The highest BCUT2D eigenvalue weighted by atomic mass is 127. The average Bonchev–Trinajstić information content (AvgIpc) is 2.66. The molecule has 0 atom stereocenters. The van der Waals surface area contributed by atoms with Gasteiger partial charge in [-0.05, 0) is 38.8 Å². The second-order valence-electron chi connectivity index (χ2n) is 6.27. The number of guanidine groups is 1. The molecule has 1 saturated heterocycles. The van der Waals surface area contributed by atoms with Gasteiger partial charge in [-0.15, -0.1) is 24.0 Å². The molecule has 0 aliphatic carbocycles. The smallest absolute Gasteiger partial charge is 0.409 e. The van der Waals surface area contributed by atoms with E-state index in [1.54, 1.807) is 11.9 Å². The van der Waals surface area contributed by atoms with Crippen molar-refractivity contribution in [2.24, 2.45) is 4.99 Å². The maximum atomic E-state index is 11.7. The molecule has 0 radical (unpaired) electrons. The molecule has 0 bridgehead atoms. The Labute approximate surface area is 178 Å². The topological polar surface area (TPSA) is 75.2 Å². The summed E-state index contributed by atoms with van der Waals surface area (Å²) in [6, 6.07) is 8.31. The van der Waals surface area contributed by atoms with Crippen molar-refractivity contribution in [3.05, 3.63) is 29.8 Å². The number of carbonyl (C=O) groups is 1. The maximum absolute atomic E-state index is 11.7. The molecule has 1 heterocycles. The monoisotopic (exact) mass is 490 g/mol. The number of ether oxygens (including phenoxy) is 2. The molecule has 1 fully saturated rings. The lowest BCUT2D eigenvalue weighted by molar-refractivity contribution is 0.0963. The fraction of sp³-hybridized carbons (Fsp3) is 0.579. The van der Waals surface area contributed by atoms with E-state index in [4.69, 9.17) is 9.47 Å². The number of hydrogen-bond acceptors (Lipinski definition) is 4. The van der Waals surface area contributed by atoms with Gasteiger partial charge in [0, 0.05) is 26.2 Å². The summed E-state index contributed by atoms with van der Waals surface area (Å²) in [5.74, 6) is 1.62. The van der Waals surface area contributed by atoms with Crippen molar-refractivity contribution < 1.29 is 14.3 Å². The van der Waals surface area contributed by atoms with Gasteiger partial charge >= 0.3 is 6.09 Å². The lowest BCUT2D eigenvalue weighted by Crippen LogP contribution is -2.50. The third-order valence-electron chi connectivity index (χ3n) is 4.27. The number of benzene rings is 1. The van der Waals surface area contributed by atoms with Crippen LogP contribution in [-0.4, -0.2) is 62.9 Å². The lowest BCUT2D eigenvalue weighted by Gasteiger charge is -2.32. The summed E-state index contributed by atoms with van der Waals surface area (Å²) in [4.78, 5) is 17.7. The molecular weight excluding hydrogens is 459 g/mol. The minimum Gasteiger partial charge on any atom is -0.492 e. The first-order valence-electron chi connectivity index (χ1n) is 9.20. The summed E-state index contributed by atoms with van der Waals surface area (Å²) in [6.07, 6.45) is 1.53. The van der Waals surface area contributed by atoms with Gasteiger partial charge in [0.2, 0.25) is 0 Å². The van der Waals surface area contributed by atoms with Gasteiger partial charge in [0.1, 0.15) is 12.4 Å². The van der Waals surface area contributed by atoms with Crippen LogP contribution in [0.1, 0.15) is 25.3 Å². The summed E-state index contributed by atoms with van der Waals surface area (Å²) in [7, 11) is 1.75. The molecule has 152 valence electrons. The van der Waals surface area contributed by atoms with Crippen molar-refractivity contribution >= 4 is 36.0 Å². The van der Waals surface area contributed by atoms with E-state index >= 15 is 0 Å². The van der Waals surface area contributed by atoms with E-state index in [9.17, 15) is 4.79 Å². The van der Waals surface area contributed by atoms with Crippen molar-refractivity contribution in [2.45, 2.75) is 32.7 Å². The van der Waals surface area contributed by atoms with E-state index in [2.05, 4.69) is 22.5 Å². The summed E-state index contributed by atoms with van der Waals surface area (Å²) in [5, 5.41) is 6.67. The second kappa shape index (κ2) is 12.6. The van der Waals surface area contributed by atoms with E-state index in [1.807, 2.05) is 31.2 Å². The largest absolute Gasteiger partial charge is 0.492 e. The van der Waals surface area contributed by atoms with E-state index in [-0.39, 0.29) is 30.1 Å². The van der Waals surface area contributed by atoms with Crippen LogP contribution in [0.15, 0.2) is 29.3 Å². The molecule has 8 heteroatoms. The number of hydrogen-bond donors (Lipinski definition) is 2. The number of nitrogens with zero attached hydrogens (tertiary/aromatic N) is 2. The molecular formula is C19H31IN4O3. The van der Waals surface area contributed by atoms with Crippen molar-refractivity contribution in [3.63, 3.8) is 0 Å². The van der Waals surface area contributed by atoms with Crippen LogP contribution < -0.4 is 15.4 Å². The summed E-state index contributed by atoms with van der Waals surface area (Å²) < 4.78 is 10.7. The summed E-state index contributed by atoms with van der Waals surface area (Å²) >= 11 is 0. The van der Waals surface area contributed by atoms with Gasteiger partial charge in [-0.3, -0.25) is 4.99 Å².